The average molecular weight is 276 g/mol. The Morgan fingerprint density at radius 3 is 1.12 bits per heavy atom. The quantitative estimate of drug-likeness (QED) is 0.501. The van der Waals surface area contributed by atoms with E-state index in [1.54, 1.807) is 0 Å². The number of hydrogen-bond acceptors (Lipinski definition) is 2. The first-order valence-electron chi connectivity index (χ1n) is 4.13. The van der Waals surface area contributed by atoms with Crippen LogP contribution in [0, 0.1) is 0 Å². The number of alkyl halides is 8. The maximum atomic E-state index is 12.3. The second-order valence-corrected chi connectivity index (χ2v) is 2.71. The monoisotopic (exact) mass is 276 g/mol. The van der Waals surface area contributed by atoms with Gasteiger partial charge in [0.15, 0.2) is 6.79 Å². The van der Waals surface area contributed by atoms with Gasteiger partial charge in [-0.3, -0.25) is 0 Å². The van der Waals surface area contributed by atoms with Crippen molar-refractivity contribution in [3.63, 3.8) is 0 Å². The second kappa shape index (κ2) is 7.64. The Hall–Kier alpha value is -0.640. The van der Waals surface area contributed by atoms with Crippen LogP contribution in [0.3, 0.4) is 0 Å². The van der Waals surface area contributed by atoms with Crippen LogP contribution in [-0.4, -0.2) is 44.7 Å². The van der Waals surface area contributed by atoms with Crippen LogP contribution >= 0.6 is 0 Å². The van der Waals surface area contributed by atoms with Crippen molar-refractivity contribution in [1.82, 2.24) is 0 Å². The molecule has 104 valence electrons. The van der Waals surface area contributed by atoms with E-state index in [1.807, 2.05) is 0 Å². The van der Waals surface area contributed by atoms with Crippen LogP contribution in [0.5, 0.6) is 0 Å². The SMILES string of the molecule is FC(F)C(F)C(F)OCOC(F)C(F)C(F)F. The van der Waals surface area contributed by atoms with E-state index >= 15 is 0 Å². The van der Waals surface area contributed by atoms with Gasteiger partial charge in [0, 0.05) is 0 Å². The van der Waals surface area contributed by atoms with Crippen molar-refractivity contribution < 1.29 is 44.6 Å². The van der Waals surface area contributed by atoms with E-state index in [4.69, 9.17) is 0 Å². The molecule has 0 aliphatic carbocycles. The third kappa shape index (κ3) is 6.01. The van der Waals surface area contributed by atoms with Crippen LogP contribution in [0.1, 0.15) is 0 Å². The van der Waals surface area contributed by atoms with Gasteiger partial charge in [0.05, 0.1) is 0 Å². The topological polar surface area (TPSA) is 18.5 Å². The smallest absolute Gasteiger partial charge is 0.274 e. The van der Waals surface area contributed by atoms with E-state index < -0.39 is 44.7 Å². The minimum absolute atomic E-state index is 1.48. The lowest BCUT2D eigenvalue weighted by atomic mass is 10.4. The van der Waals surface area contributed by atoms with E-state index in [9.17, 15) is 35.1 Å². The van der Waals surface area contributed by atoms with Gasteiger partial charge in [0.2, 0.25) is 25.1 Å². The summed E-state index contributed by atoms with van der Waals surface area (Å²) in [6.45, 7) is -1.48. The summed E-state index contributed by atoms with van der Waals surface area (Å²) >= 11 is 0. The zero-order valence-corrected chi connectivity index (χ0v) is 8.01. The third-order valence-electron chi connectivity index (χ3n) is 1.44. The Labute approximate surface area is 90.5 Å². The van der Waals surface area contributed by atoms with Crippen LogP contribution in [0.25, 0.3) is 0 Å². The molecule has 0 rings (SSSR count). The summed E-state index contributed by atoms with van der Waals surface area (Å²) in [4.78, 5) is 0. The number of ether oxygens (including phenoxy) is 2. The average Bonchev–Trinajstić information content (AvgIpc) is 2.26. The lowest BCUT2D eigenvalue weighted by Gasteiger charge is -2.16. The van der Waals surface area contributed by atoms with E-state index in [0.29, 0.717) is 0 Å². The molecule has 0 aromatic rings. The Balaban J connectivity index is 3.84. The van der Waals surface area contributed by atoms with Crippen molar-refractivity contribution >= 4 is 0 Å². The fraction of sp³-hybridized carbons (Fsp3) is 1.00. The van der Waals surface area contributed by atoms with Gasteiger partial charge in [-0.1, -0.05) is 0 Å². The summed E-state index contributed by atoms with van der Waals surface area (Å²) in [6, 6.07) is 0. The number of halogens is 8. The molecule has 17 heavy (non-hydrogen) atoms. The highest BCUT2D eigenvalue weighted by molar-refractivity contribution is 4.62. The molecule has 0 N–H and O–H groups in total. The van der Waals surface area contributed by atoms with Crippen LogP contribution < -0.4 is 0 Å². The van der Waals surface area contributed by atoms with Crippen molar-refractivity contribution in [2.24, 2.45) is 0 Å². The Bertz CT molecular complexity index is 184. The summed E-state index contributed by atoms with van der Waals surface area (Å²) in [5, 5.41) is 0. The zero-order valence-electron chi connectivity index (χ0n) is 8.01. The maximum absolute atomic E-state index is 12.3. The Kier molecular flexibility index (Phi) is 7.35. The molecule has 0 aromatic heterocycles. The van der Waals surface area contributed by atoms with E-state index in [1.165, 1.54) is 0 Å². The predicted molar refractivity (Wildman–Crippen MR) is 38.6 cm³/mol. The normalized spacial score (nSPS) is 19.4. The minimum Gasteiger partial charge on any atom is -0.319 e. The van der Waals surface area contributed by atoms with Gasteiger partial charge in [-0.25, -0.2) is 35.1 Å². The summed E-state index contributed by atoms with van der Waals surface area (Å²) in [6.07, 6.45) is -20.2. The zero-order chi connectivity index (χ0) is 13.6. The van der Waals surface area contributed by atoms with Crippen LogP contribution in [-0.2, 0) is 9.47 Å². The van der Waals surface area contributed by atoms with Crippen LogP contribution in [0.2, 0.25) is 0 Å². The molecule has 0 aliphatic rings. The largest absolute Gasteiger partial charge is 0.319 e. The van der Waals surface area contributed by atoms with Gasteiger partial charge in [0.1, 0.15) is 0 Å². The molecule has 0 aromatic carbocycles. The van der Waals surface area contributed by atoms with Crippen molar-refractivity contribution in [2.45, 2.75) is 37.9 Å². The van der Waals surface area contributed by atoms with Crippen molar-refractivity contribution in [2.75, 3.05) is 6.79 Å². The molecule has 0 amide bonds. The van der Waals surface area contributed by atoms with Gasteiger partial charge in [0.25, 0.3) is 12.9 Å². The molecule has 10 heteroatoms. The van der Waals surface area contributed by atoms with Crippen LogP contribution in [0.4, 0.5) is 35.1 Å². The van der Waals surface area contributed by atoms with Gasteiger partial charge < -0.3 is 9.47 Å². The molecule has 0 aliphatic heterocycles. The molecule has 0 fully saturated rings. The molecule has 0 heterocycles. The standard InChI is InChI=1S/C7H8F8O2/c8-2(4(10)11)6(14)16-1-17-7(15)3(9)5(12)13/h2-7H,1H2. The molecule has 0 saturated carbocycles. The van der Waals surface area contributed by atoms with Crippen molar-refractivity contribution in [3.8, 4) is 0 Å². The highest BCUT2D eigenvalue weighted by atomic mass is 19.3. The molecule has 0 radical (unpaired) electrons. The molecule has 2 nitrogen and oxygen atoms in total. The van der Waals surface area contributed by atoms with Gasteiger partial charge in [-0.15, -0.1) is 0 Å². The summed E-state index contributed by atoms with van der Waals surface area (Å²) in [7, 11) is 0. The summed E-state index contributed by atoms with van der Waals surface area (Å²) in [5.74, 6) is 0. The first-order chi connectivity index (χ1) is 7.77. The lowest BCUT2D eigenvalue weighted by molar-refractivity contribution is -0.227. The highest BCUT2D eigenvalue weighted by Gasteiger charge is 2.33. The molecular formula is C7H8F8O2. The van der Waals surface area contributed by atoms with E-state index in [0.717, 1.165) is 0 Å². The fourth-order valence-corrected chi connectivity index (χ4v) is 0.582. The van der Waals surface area contributed by atoms with Crippen molar-refractivity contribution in [3.05, 3.63) is 0 Å². The fourth-order valence-electron chi connectivity index (χ4n) is 0.582. The van der Waals surface area contributed by atoms with Gasteiger partial charge in [-0.05, 0) is 0 Å². The van der Waals surface area contributed by atoms with Gasteiger partial charge >= 0.3 is 0 Å². The van der Waals surface area contributed by atoms with E-state index in [-0.39, 0.29) is 0 Å². The molecule has 4 unspecified atom stereocenters. The molecular weight excluding hydrogens is 268 g/mol. The van der Waals surface area contributed by atoms with E-state index in [2.05, 4.69) is 9.47 Å². The van der Waals surface area contributed by atoms with Crippen molar-refractivity contribution in [1.29, 1.82) is 0 Å². The first kappa shape index (κ1) is 16.4. The third-order valence-corrected chi connectivity index (χ3v) is 1.44. The highest BCUT2D eigenvalue weighted by Crippen LogP contribution is 2.17. The summed E-state index contributed by atoms with van der Waals surface area (Å²) in [5.41, 5.74) is 0. The molecule has 0 spiro atoms. The second-order valence-electron chi connectivity index (χ2n) is 2.71. The van der Waals surface area contributed by atoms with Crippen LogP contribution in [0.15, 0.2) is 0 Å². The van der Waals surface area contributed by atoms with Gasteiger partial charge in [-0.2, -0.15) is 0 Å². The number of hydrogen-bond donors (Lipinski definition) is 0. The Morgan fingerprint density at radius 1 is 0.588 bits per heavy atom. The maximum Gasteiger partial charge on any atom is 0.274 e. The molecule has 4 atom stereocenters. The summed E-state index contributed by atoms with van der Waals surface area (Å²) < 4.78 is 102. The first-order valence-corrected chi connectivity index (χ1v) is 4.13. The Morgan fingerprint density at radius 2 is 0.882 bits per heavy atom. The minimum atomic E-state index is -3.68. The number of rotatable bonds is 8. The molecule has 0 bridgehead atoms. The molecule has 0 saturated heterocycles. The predicted octanol–water partition coefficient (Wildman–Crippen LogP) is 2.77. The lowest BCUT2D eigenvalue weighted by Crippen LogP contribution is -2.32.